The van der Waals surface area contributed by atoms with Crippen molar-refractivity contribution in [3.05, 3.63) is 30.1 Å². The molecule has 17 heavy (non-hydrogen) atoms. The SMILES string of the molecule is O=C1CCNC(C(=O)Nc2ccc(F)cc2)C1. The average molecular weight is 236 g/mol. The van der Waals surface area contributed by atoms with Crippen LogP contribution < -0.4 is 10.6 Å². The second-order valence-electron chi connectivity index (χ2n) is 4.00. The predicted molar refractivity (Wildman–Crippen MR) is 61.1 cm³/mol. The van der Waals surface area contributed by atoms with Gasteiger partial charge in [0.15, 0.2) is 0 Å². The van der Waals surface area contributed by atoms with E-state index in [9.17, 15) is 14.0 Å². The molecule has 1 saturated heterocycles. The lowest BCUT2D eigenvalue weighted by molar-refractivity contribution is -0.126. The number of hydrogen-bond acceptors (Lipinski definition) is 3. The van der Waals surface area contributed by atoms with Crippen molar-refractivity contribution in [1.82, 2.24) is 5.32 Å². The van der Waals surface area contributed by atoms with E-state index in [0.29, 0.717) is 18.7 Å². The van der Waals surface area contributed by atoms with Crippen LogP contribution in [0.4, 0.5) is 10.1 Å². The Morgan fingerprint density at radius 3 is 2.71 bits per heavy atom. The summed E-state index contributed by atoms with van der Waals surface area (Å²) in [6.07, 6.45) is 0.688. The lowest BCUT2D eigenvalue weighted by Crippen LogP contribution is -2.46. The largest absolute Gasteiger partial charge is 0.325 e. The Kier molecular flexibility index (Phi) is 3.49. The Labute approximate surface area is 98.2 Å². The van der Waals surface area contributed by atoms with E-state index < -0.39 is 6.04 Å². The van der Waals surface area contributed by atoms with Crippen LogP contribution in [0.25, 0.3) is 0 Å². The fourth-order valence-electron chi connectivity index (χ4n) is 1.74. The Morgan fingerprint density at radius 2 is 2.06 bits per heavy atom. The minimum atomic E-state index is -0.485. The molecule has 5 heteroatoms. The summed E-state index contributed by atoms with van der Waals surface area (Å²) < 4.78 is 12.7. The predicted octanol–water partition coefficient (Wildman–Crippen LogP) is 1.09. The number of rotatable bonds is 2. The van der Waals surface area contributed by atoms with Crippen LogP contribution in [0.1, 0.15) is 12.8 Å². The molecule has 2 N–H and O–H groups in total. The van der Waals surface area contributed by atoms with E-state index in [4.69, 9.17) is 0 Å². The number of nitrogens with one attached hydrogen (secondary N) is 2. The van der Waals surface area contributed by atoms with Gasteiger partial charge in [-0.25, -0.2) is 4.39 Å². The molecule has 2 rings (SSSR count). The van der Waals surface area contributed by atoms with Crippen LogP contribution in [0.5, 0.6) is 0 Å². The van der Waals surface area contributed by atoms with E-state index in [1.807, 2.05) is 0 Å². The number of ketones is 1. The van der Waals surface area contributed by atoms with Gasteiger partial charge in [0, 0.05) is 25.1 Å². The van der Waals surface area contributed by atoms with Gasteiger partial charge in [0.25, 0.3) is 0 Å². The number of carbonyl (C=O) groups is 2. The number of piperidine rings is 1. The smallest absolute Gasteiger partial charge is 0.241 e. The quantitative estimate of drug-likeness (QED) is 0.808. The molecule has 1 atom stereocenters. The molecular formula is C12H13FN2O2. The van der Waals surface area contributed by atoms with E-state index in [1.165, 1.54) is 24.3 Å². The molecule has 1 aromatic rings. The number of anilines is 1. The molecule has 0 spiro atoms. The number of benzene rings is 1. The standard InChI is InChI=1S/C12H13FN2O2/c13-8-1-3-9(4-2-8)15-12(17)11-7-10(16)5-6-14-11/h1-4,11,14H,5-7H2,(H,15,17). The van der Waals surface area contributed by atoms with Crippen LogP contribution in [0.2, 0.25) is 0 Å². The summed E-state index contributed by atoms with van der Waals surface area (Å²) in [6, 6.07) is 5.03. The highest BCUT2D eigenvalue weighted by atomic mass is 19.1. The summed E-state index contributed by atoms with van der Waals surface area (Å²) >= 11 is 0. The van der Waals surface area contributed by atoms with Gasteiger partial charge in [-0.2, -0.15) is 0 Å². The molecule has 1 amide bonds. The van der Waals surface area contributed by atoms with Gasteiger partial charge < -0.3 is 10.6 Å². The van der Waals surface area contributed by atoms with Crippen molar-refractivity contribution in [3.8, 4) is 0 Å². The summed E-state index contributed by atoms with van der Waals surface area (Å²) in [5.41, 5.74) is 0.524. The summed E-state index contributed by atoms with van der Waals surface area (Å²) in [5.74, 6) is -0.526. The zero-order valence-corrected chi connectivity index (χ0v) is 9.20. The van der Waals surface area contributed by atoms with Crippen molar-refractivity contribution in [3.63, 3.8) is 0 Å². The number of hydrogen-bond donors (Lipinski definition) is 2. The molecule has 0 saturated carbocycles. The van der Waals surface area contributed by atoms with Gasteiger partial charge in [0.2, 0.25) is 5.91 Å². The number of halogens is 1. The minimum Gasteiger partial charge on any atom is -0.325 e. The molecule has 0 aromatic heterocycles. The maximum atomic E-state index is 12.7. The van der Waals surface area contributed by atoms with Gasteiger partial charge in [0.1, 0.15) is 11.6 Å². The molecule has 0 bridgehead atoms. The Morgan fingerprint density at radius 1 is 1.35 bits per heavy atom. The zero-order chi connectivity index (χ0) is 12.3. The first-order chi connectivity index (χ1) is 8.15. The first-order valence-electron chi connectivity index (χ1n) is 5.46. The lowest BCUT2D eigenvalue weighted by Gasteiger charge is -2.21. The molecular weight excluding hydrogens is 223 g/mol. The summed E-state index contributed by atoms with van der Waals surface area (Å²) in [7, 11) is 0. The van der Waals surface area contributed by atoms with Crippen LogP contribution in [-0.4, -0.2) is 24.3 Å². The minimum absolute atomic E-state index is 0.0861. The molecule has 1 aliphatic heterocycles. The van der Waals surface area contributed by atoms with Gasteiger partial charge in [-0.1, -0.05) is 0 Å². The van der Waals surface area contributed by atoms with Crippen LogP contribution >= 0.6 is 0 Å². The fourth-order valence-corrected chi connectivity index (χ4v) is 1.74. The highest BCUT2D eigenvalue weighted by Crippen LogP contribution is 2.11. The maximum absolute atomic E-state index is 12.7. The third kappa shape index (κ3) is 3.10. The zero-order valence-electron chi connectivity index (χ0n) is 9.20. The van der Waals surface area contributed by atoms with Crippen LogP contribution in [-0.2, 0) is 9.59 Å². The van der Waals surface area contributed by atoms with Crippen molar-refractivity contribution in [2.24, 2.45) is 0 Å². The number of amides is 1. The van der Waals surface area contributed by atoms with Crippen LogP contribution in [0.3, 0.4) is 0 Å². The van der Waals surface area contributed by atoms with Crippen molar-refractivity contribution < 1.29 is 14.0 Å². The molecule has 1 fully saturated rings. The van der Waals surface area contributed by atoms with E-state index in [1.54, 1.807) is 0 Å². The maximum Gasteiger partial charge on any atom is 0.241 e. The summed E-state index contributed by atoms with van der Waals surface area (Å²) in [5, 5.41) is 5.61. The first-order valence-corrected chi connectivity index (χ1v) is 5.46. The normalized spacial score (nSPS) is 20.1. The third-order valence-electron chi connectivity index (χ3n) is 2.65. The molecule has 1 heterocycles. The molecule has 0 aliphatic carbocycles. The highest BCUT2D eigenvalue weighted by Gasteiger charge is 2.24. The van der Waals surface area contributed by atoms with Gasteiger partial charge in [-0.3, -0.25) is 9.59 Å². The third-order valence-corrected chi connectivity index (χ3v) is 2.65. The molecule has 4 nitrogen and oxygen atoms in total. The Bertz CT molecular complexity index is 431. The highest BCUT2D eigenvalue weighted by molar-refractivity contribution is 5.98. The van der Waals surface area contributed by atoms with Crippen LogP contribution in [0, 0.1) is 5.82 Å². The number of Topliss-reactive ketones (excluding diaryl/α,β-unsaturated/α-hetero) is 1. The summed E-state index contributed by atoms with van der Waals surface area (Å²) in [4.78, 5) is 23.0. The molecule has 1 unspecified atom stereocenters. The lowest BCUT2D eigenvalue weighted by atomic mass is 10.0. The van der Waals surface area contributed by atoms with Crippen molar-refractivity contribution >= 4 is 17.4 Å². The fraction of sp³-hybridized carbons (Fsp3) is 0.333. The molecule has 90 valence electrons. The first kappa shape index (κ1) is 11.7. The Hall–Kier alpha value is -1.75. The van der Waals surface area contributed by atoms with E-state index in [-0.39, 0.29) is 23.9 Å². The van der Waals surface area contributed by atoms with Crippen LogP contribution in [0.15, 0.2) is 24.3 Å². The molecule has 1 aromatic carbocycles. The molecule has 1 aliphatic rings. The monoisotopic (exact) mass is 236 g/mol. The van der Waals surface area contributed by atoms with Crippen molar-refractivity contribution in [1.29, 1.82) is 0 Å². The van der Waals surface area contributed by atoms with Gasteiger partial charge in [-0.05, 0) is 24.3 Å². The second kappa shape index (κ2) is 5.05. The van der Waals surface area contributed by atoms with Crippen molar-refractivity contribution in [2.45, 2.75) is 18.9 Å². The molecule has 0 radical (unpaired) electrons. The van der Waals surface area contributed by atoms with E-state index >= 15 is 0 Å². The average Bonchev–Trinajstić information content (AvgIpc) is 2.32. The van der Waals surface area contributed by atoms with Crippen molar-refractivity contribution in [2.75, 3.05) is 11.9 Å². The van der Waals surface area contributed by atoms with Gasteiger partial charge in [0.05, 0.1) is 6.04 Å². The summed E-state index contributed by atoms with van der Waals surface area (Å²) in [6.45, 7) is 0.528. The second-order valence-corrected chi connectivity index (χ2v) is 4.00. The Balaban J connectivity index is 1.96. The van der Waals surface area contributed by atoms with E-state index in [0.717, 1.165) is 0 Å². The number of carbonyl (C=O) groups excluding carboxylic acids is 2. The van der Waals surface area contributed by atoms with E-state index in [2.05, 4.69) is 10.6 Å². The van der Waals surface area contributed by atoms with Gasteiger partial charge in [-0.15, -0.1) is 0 Å². The van der Waals surface area contributed by atoms with Gasteiger partial charge >= 0.3 is 0 Å². The topological polar surface area (TPSA) is 58.2 Å².